The molecule has 1 fully saturated rings. The van der Waals surface area contributed by atoms with Crippen LogP contribution in [0.3, 0.4) is 0 Å². The van der Waals surface area contributed by atoms with Gasteiger partial charge in [0.05, 0.1) is 10.4 Å². The van der Waals surface area contributed by atoms with Gasteiger partial charge in [-0.2, -0.15) is 9.57 Å². The summed E-state index contributed by atoms with van der Waals surface area (Å²) in [6.07, 6.45) is 0. The highest BCUT2D eigenvalue weighted by Gasteiger charge is 2.32. The van der Waals surface area contributed by atoms with E-state index in [0.29, 0.717) is 30.5 Å². The Bertz CT molecular complexity index is 879. The molecule has 0 bridgehead atoms. The highest BCUT2D eigenvalue weighted by Crippen LogP contribution is 2.29. The van der Waals surface area contributed by atoms with Gasteiger partial charge in [0.25, 0.3) is 10.0 Å². The number of nitriles is 1. The third-order valence-corrected chi connectivity index (χ3v) is 7.89. The zero-order chi connectivity index (χ0) is 18.0. The van der Waals surface area contributed by atoms with Crippen LogP contribution in [0.25, 0.3) is 0 Å². The average molecular weight is 396 g/mol. The number of rotatable bonds is 4. The highest BCUT2D eigenvalue weighted by atomic mass is 35.5. The Morgan fingerprint density at radius 1 is 1.12 bits per heavy atom. The molecule has 8 heteroatoms. The second-order valence-corrected chi connectivity index (χ2v) is 9.82. The Morgan fingerprint density at radius 3 is 2.28 bits per heavy atom. The van der Waals surface area contributed by atoms with Gasteiger partial charge in [-0.3, -0.25) is 4.90 Å². The fourth-order valence-electron chi connectivity index (χ4n) is 2.88. The summed E-state index contributed by atoms with van der Waals surface area (Å²) < 4.78 is 27.5. The number of benzene rings is 1. The molecule has 1 aromatic carbocycles. The highest BCUT2D eigenvalue weighted by molar-refractivity contribution is 7.91. The van der Waals surface area contributed by atoms with Crippen LogP contribution in [-0.2, 0) is 10.0 Å². The lowest BCUT2D eigenvalue weighted by molar-refractivity contribution is 0.163. The molecule has 1 aromatic heterocycles. The first kappa shape index (κ1) is 18.4. The summed E-state index contributed by atoms with van der Waals surface area (Å²) in [5, 5.41) is 9.57. The van der Waals surface area contributed by atoms with E-state index in [1.165, 1.54) is 4.31 Å². The Balaban J connectivity index is 1.71. The minimum absolute atomic E-state index is 0.265. The first-order valence-electron chi connectivity index (χ1n) is 7.87. The van der Waals surface area contributed by atoms with Crippen molar-refractivity contribution in [2.24, 2.45) is 0 Å². The van der Waals surface area contributed by atoms with Crippen molar-refractivity contribution in [1.29, 1.82) is 5.26 Å². The zero-order valence-corrected chi connectivity index (χ0v) is 16.1. The molecule has 1 saturated heterocycles. The van der Waals surface area contributed by atoms with Crippen LogP contribution in [0.2, 0.25) is 4.34 Å². The van der Waals surface area contributed by atoms with Crippen LogP contribution in [-0.4, -0.2) is 43.8 Å². The molecular formula is C17H18ClN3O2S2. The molecule has 5 nitrogen and oxygen atoms in total. The number of piperazine rings is 1. The SMILES string of the molecule is Cc1ccc(C(C#N)N2CCN(S(=O)(=O)c3ccc(Cl)s3)CC2)cc1. The molecular weight excluding hydrogens is 378 g/mol. The number of hydrogen-bond donors (Lipinski definition) is 0. The van der Waals surface area contributed by atoms with Gasteiger partial charge < -0.3 is 0 Å². The zero-order valence-electron chi connectivity index (χ0n) is 13.7. The smallest absolute Gasteiger partial charge is 0.252 e. The molecule has 1 unspecified atom stereocenters. The molecule has 0 aliphatic carbocycles. The number of nitrogens with zero attached hydrogens (tertiary/aromatic N) is 3. The lowest BCUT2D eigenvalue weighted by atomic mass is 10.0. The Labute approximate surface area is 157 Å². The third-order valence-electron chi connectivity index (χ3n) is 4.30. The number of halogens is 1. The third kappa shape index (κ3) is 3.89. The fraction of sp³-hybridized carbons (Fsp3) is 0.353. The van der Waals surface area contributed by atoms with Gasteiger partial charge >= 0.3 is 0 Å². The van der Waals surface area contributed by atoms with Gasteiger partial charge in [0.15, 0.2) is 0 Å². The van der Waals surface area contributed by atoms with E-state index >= 15 is 0 Å². The van der Waals surface area contributed by atoms with Crippen molar-refractivity contribution in [3.8, 4) is 6.07 Å². The monoisotopic (exact) mass is 395 g/mol. The van der Waals surface area contributed by atoms with E-state index in [1.54, 1.807) is 12.1 Å². The molecule has 1 aliphatic rings. The maximum Gasteiger partial charge on any atom is 0.252 e. The average Bonchev–Trinajstić information content (AvgIpc) is 3.05. The van der Waals surface area contributed by atoms with Gasteiger partial charge in [-0.1, -0.05) is 41.4 Å². The summed E-state index contributed by atoms with van der Waals surface area (Å²) in [5.41, 5.74) is 2.08. The molecule has 1 aliphatic heterocycles. The summed E-state index contributed by atoms with van der Waals surface area (Å²) >= 11 is 6.93. The van der Waals surface area contributed by atoms with Crippen LogP contribution in [0.15, 0.2) is 40.6 Å². The van der Waals surface area contributed by atoms with Crippen molar-refractivity contribution in [3.05, 3.63) is 51.9 Å². The summed E-state index contributed by atoms with van der Waals surface area (Å²) in [6, 6.07) is 13.0. The van der Waals surface area contributed by atoms with Crippen LogP contribution >= 0.6 is 22.9 Å². The van der Waals surface area contributed by atoms with E-state index in [9.17, 15) is 13.7 Å². The van der Waals surface area contributed by atoms with E-state index in [2.05, 4.69) is 6.07 Å². The number of aryl methyl sites for hydroxylation is 1. The van der Waals surface area contributed by atoms with E-state index in [-0.39, 0.29) is 10.3 Å². The Morgan fingerprint density at radius 2 is 1.76 bits per heavy atom. The second-order valence-electron chi connectivity index (χ2n) is 5.94. The van der Waals surface area contributed by atoms with Crippen LogP contribution in [0.1, 0.15) is 17.2 Å². The van der Waals surface area contributed by atoms with E-state index < -0.39 is 10.0 Å². The molecule has 0 spiro atoms. The molecule has 0 amide bonds. The van der Waals surface area contributed by atoms with Gasteiger partial charge in [0, 0.05) is 26.2 Å². The number of thiophene rings is 1. The minimum Gasteiger partial charge on any atom is -0.282 e. The van der Waals surface area contributed by atoms with Crippen molar-refractivity contribution in [3.63, 3.8) is 0 Å². The van der Waals surface area contributed by atoms with Crippen LogP contribution in [0, 0.1) is 18.3 Å². The van der Waals surface area contributed by atoms with Gasteiger partial charge in [-0.15, -0.1) is 11.3 Å². The largest absolute Gasteiger partial charge is 0.282 e. The lowest BCUT2D eigenvalue weighted by Crippen LogP contribution is -2.49. The summed E-state index contributed by atoms with van der Waals surface area (Å²) in [5.74, 6) is 0. The normalized spacial score (nSPS) is 18.0. The van der Waals surface area contributed by atoms with Crippen LogP contribution in [0.4, 0.5) is 0 Å². The van der Waals surface area contributed by atoms with Gasteiger partial charge in [-0.05, 0) is 24.6 Å². The quantitative estimate of drug-likeness (QED) is 0.796. The Kier molecular flexibility index (Phi) is 5.46. The van der Waals surface area contributed by atoms with Crippen molar-refractivity contribution in [2.45, 2.75) is 17.2 Å². The first-order chi connectivity index (χ1) is 11.9. The molecule has 0 radical (unpaired) electrons. The van der Waals surface area contributed by atoms with E-state index in [1.807, 2.05) is 36.1 Å². The summed E-state index contributed by atoms with van der Waals surface area (Å²) in [7, 11) is -3.51. The van der Waals surface area contributed by atoms with Gasteiger partial charge in [0.1, 0.15) is 10.3 Å². The van der Waals surface area contributed by atoms with Crippen molar-refractivity contribution >= 4 is 33.0 Å². The predicted octanol–water partition coefficient (Wildman–Crippen LogP) is 3.28. The fourth-order valence-corrected chi connectivity index (χ4v) is 5.94. The molecule has 0 N–H and O–H groups in total. The molecule has 2 aromatic rings. The molecule has 132 valence electrons. The molecule has 1 atom stereocenters. The van der Waals surface area contributed by atoms with Crippen molar-refractivity contribution in [1.82, 2.24) is 9.21 Å². The molecule has 3 rings (SSSR count). The van der Waals surface area contributed by atoms with Crippen molar-refractivity contribution in [2.75, 3.05) is 26.2 Å². The topological polar surface area (TPSA) is 64.4 Å². The standard InChI is InChI=1S/C17H18ClN3O2S2/c1-13-2-4-14(5-3-13)15(12-19)20-8-10-21(11-9-20)25(22,23)17-7-6-16(18)24-17/h2-7,15H,8-11H2,1H3. The predicted molar refractivity (Wildman–Crippen MR) is 99.2 cm³/mol. The first-order valence-corrected chi connectivity index (χ1v) is 10.5. The summed E-state index contributed by atoms with van der Waals surface area (Å²) in [4.78, 5) is 2.03. The number of hydrogen-bond acceptors (Lipinski definition) is 5. The van der Waals surface area contributed by atoms with Crippen LogP contribution in [0.5, 0.6) is 0 Å². The molecule has 2 heterocycles. The number of sulfonamides is 1. The van der Waals surface area contributed by atoms with Crippen LogP contribution < -0.4 is 0 Å². The van der Waals surface area contributed by atoms with E-state index in [4.69, 9.17) is 11.6 Å². The van der Waals surface area contributed by atoms with Crippen molar-refractivity contribution < 1.29 is 8.42 Å². The minimum atomic E-state index is -3.51. The molecule has 25 heavy (non-hydrogen) atoms. The molecule has 0 saturated carbocycles. The maximum atomic E-state index is 12.6. The Hall–Kier alpha value is -1.43. The van der Waals surface area contributed by atoms with Gasteiger partial charge in [0.2, 0.25) is 0 Å². The maximum absolute atomic E-state index is 12.6. The van der Waals surface area contributed by atoms with E-state index in [0.717, 1.165) is 22.5 Å². The van der Waals surface area contributed by atoms with Gasteiger partial charge in [-0.25, -0.2) is 8.42 Å². The second kappa shape index (κ2) is 7.44. The summed E-state index contributed by atoms with van der Waals surface area (Å²) in [6.45, 7) is 3.77. The lowest BCUT2D eigenvalue weighted by Gasteiger charge is -2.36.